The van der Waals surface area contributed by atoms with Crippen LogP contribution < -0.4 is 4.74 Å². The molecular formula is C17H12CuN2O2. The first-order valence-corrected chi connectivity index (χ1v) is 6.47. The molecule has 1 aromatic carbocycles. The minimum atomic E-state index is 0. The third kappa shape index (κ3) is 3.39. The van der Waals surface area contributed by atoms with Gasteiger partial charge in [-0.2, -0.15) is 0 Å². The summed E-state index contributed by atoms with van der Waals surface area (Å²) in [7, 11) is 0. The zero-order valence-corrected chi connectivity index (χ0v) is 12.4. The number of benzene rings is 1. The van der Waals surface area contributed by atoms with Crippen LogP contribution in [0.4, 0.5) is 0 Å². The van der Waals surface area contributed by atoms with Crippen molar-refractivity contribution < 1.29 is 26.6 Å². The maximum absolute atomic E-state index is 11.1. The Morgan fingerprint density at radius 1 is 0.818 bits per heavy atom. The average Bonchev–Trinajstić information content (AvgIpc) is 2.57. The number of carbonyl (C=O) groups is 1. The Kier molecular flexibility index (Phi) is 5.42. The van der Waals surface area contributed by atoms with Crippen molar-refractivity contribution in [1.29, 1.82) is 0 Å². The van der Waals surface area contributed by atoms with Gasteiger partial charge in [-0.3, -0.25) is 14.8 Å². The monoisotopic (exact) mass is 339 g/mol. The maximum Gasteiger partial charge on any atom is 0.155 e. The normalized spacial score (nSPS) is 9.64. The Morgan fingerprint density at radius 2 is 1.55 bits per heavy atom. The summed E-state index contributed by atoms with van der Waals surface area (Å²) in [5, 5.41) is 0. The fourth-order valence-corrected chi connectivity index (χ4v) is 1.96. The third-order valence-electron chi connectivity index (χ3n) is 2.94. The van der Waals surface area contributed by atoms with Crippen LogP contribution in [0.3, 0.4) is 0 Å². The summed E-state index contributed by atoms with van der Waals surface area (Å²) in [5.41, 5.74) is 1.85. The van der Waals surface area contributed by atoms with Gasteiger partial charge in [0.05, 0.1) is 11.3 Å². The van der Waals surface area contributed by atoms with Crippen molar-refractivity contribution in [2.24, 2.45) is 0 Å². The molecular weight excluding hydrogens is 328 g/mol. The van der Waals surface area contributed by atoms with Crippen LogP contribution in [0.2, 0.25) is 0 Å². The number of hydrogen-bond donors (Lipinski definition) is 0. The number of carbonyl (C=O) groups excluding carboxylic acids is 1. The average molecular weight is 340 g/mol. The zero-order valence-electron chi connectivity index (χ0n) is 11.4. The molecule has 0 unspecified atom stereocenters. The van der Waals surface area contributed by atoms with Crippen LogP contribution in [-0.4, -0.2) is 16.3 Å². The summed E-state index contributed by atoms with van der Waals surface area (Å²) in [6.07, 6.45) is 4.15. The molecule has 0 saturated heterocycles. The molecule has 3 aromatic rings. The van der Waals surface area contributed by atoms with Gasteiger partial charge in [-0.05, 0) is 36.4 Å². The number of ether oxygens (including phenoxy) is 1. The van der Waals surface area contributed by atoms with Crippen LogP contribution in [0.1, 0.15) is 10.4 Å². The van der Waals surface area contributed by atoms with Gasteiger partial charge in [0, 0.05) is 29.5 Å². The minimum Gasteiger partial charge on any atom is -0.454 e. The van der Waals surface area contributed by atoms with E-state index >= 15 is 0 Å². The summed E-state index contributed by atoms with van der Waals surface area (Å²) in [6, 6.07) is 16.2. The van der Waals surface area contributed by atoms with Gasteiger partial charge in [0.15, 0.2) is 12.0 Å². The Hall–Kier alpha value is -2.49. The van der Waals surface area contributed by atoms with E-state index in [-0.39, 0.29) is 17.1 Å². The van der Waals surface area contributed by atoms with Crippen LogP contribution in [0.5, 0.6) is 11.5 Å². The second kappa shape index (κ2) is 7.50. The van der Waals surface area contributed by atoms with Crippen molar-refractivity contribution in [3.63, 3.8) is 0 Å². The van der Waals surface area contributed by atoms with Gasteiger partial charge in [0.1, 0.15) is 11.4 Å². The van der Waals surface area contributed by atoms with E-state index < -0.39 is 0 Å². The molecule has 0 N–H and O–H groups in total. The summed E-state index contributed by atoms with van der Waals surface area (Å²) >= 11 is 0. The van der Waals surface area contributed by atoms with Gasteiger partial charge < -0.3 is 4.74 Å². The van der Waals surface area contributed by atoms with E-state index in [9.17, 15) is 4.79 Å². The number of aromatic nitrogens is 2. The molecule has 0 aliphatic carbocycles. The first kappa shape index (κ1) is 15.9. The van der Waals surface area contributed by atoms with Crippen molar-refractivity contribution in [3.8, 4) is 22.9 Å². The molecule has 0 atom stereocenters. The maximum atomic E-state index is 11.1. The first-order valence-electron chi connectivity index (χ1n) is 6.47. The fourth-order valence-electron chi connectivity index (χ4n) is 1.96. The summed E-state index contributed by atoms with van der Waals surface area (Å²) in [6.45, 7) is 0. The number of rotatable bonds is 4. The largest absolute Gasteiger partial charge is 0.454 e. The predicted octanol–water partition coefficient (Wildman–Crippen LogP) is 3.75. The Morgan fingerprint density at radius 3 is 2.32 bits per heavy atom. The second-order valence-corrected chi connectivity index (χ2v) is 4.32. The van der Waals surface area contributed by atoms with Gasteiger partial charge in [-0.1, -0.05) is 18.2 Å². The van der Waals surface area contributed by atoms with Crippen LogP contribution in [0.15, 0.2) is 67.0 Å². The van der Waals surface area contributed by atoms with Crippen LogP contribution in [-0.2, 0) is 17.1 Å². The Bertz CT molecular complexity index is 763. The number of para-hydroxylation sites is 1. The molecule has 0 bridgehead atoms. The van der Waals surface area contributed by atoms with E-state index in [1.807, 2.05) is 24.3 Å². The predicted molar refractivity (Wildman–Crippen MR) is 79.4 cm³/mol. The molecule has 4 nitrogen and oxygen atoms in total. The summed E-state index contributed by atoms with van der Waals surface area (Å²) in [5.74, 6) is 1.06. The van der Waals surface area contributed by atoms with Crippen molar-refractivity contribution in [2.75, 3.05) is 0 Å². The van der Waals surface area contributed by atoms with Crippen molar-refractivity contribution in [3.05, 3.63) is 72.6 Å². The van der Waals surface area contributed by atoms with Crippen LogP contribution in [0, 0.1) is 0 Å². The molecule has 113 valence electrons. The molecule has 2 heterocycles. The molecule has 0 aliphatic rings. The summed E-state index contributed by atoms with van der Waals surface area (Å²) in [4.78, 5) is 19.7. The van der Waals surface area contributed by atoms with Gasteiger partial charge in [-0.25, -0.2) is 0 Å². The van der Waals surface area contributed by atoms with Crippen LogP contribution in [0.25, 0.3) is 11.4 Å². The molecule has 0 fully saturated rings. The SMILES string of the molecule is O=Cc1ccccc1Oc1cccnc1-c1ccccn1.[Cu]. The zero-order chi connectivity index (χ0) is 14.5. The van der Waals surface area contributed by atoms with Crippen molar-refractivity contribution in [2.45, 2.75) is 0 Å². The fraction of sp³-hybridized carbons (Fsp3) is 0. The molecule has 0 saturated carbocycles. The standard InChI is InChI=1S/C17H12N2O2.Cu/c20-12-13-6-1-2-8-15(13)21-16-9-5-11-19-17(16)14-7-3-4-10-18-14;/h1-12H;. The van der Waals surface area contributed by atoms with E-state index in [0.29, 0.717) is 22.8 Å². The second-order valence-electron chi connectivity index (χ2n) is 4.32. The van der Waals surface area contributed by atoms with E-state index in [4.69, 9.17) is 4.74 Å². The Labute approximate surface area is 138 Å². The van der Waals surface area contributed by atoms with E-state index in [1.165, 1.54) is 0 Å². The van der Waals surface area contributed by atoms with E-state index in [1.54, 1.807) is 42.7 Å². The number of pyridine rings is 2. The molecule has 5 heteroatoms. The molecule has 0 spiro atoms. The van der Waals surface area contributed by atoms with Crippen LogP contribution >= 0.6 is 0 Å². The molecule has 1 radical (unpaired) electrons. The topological polar surface area (TPSA) is 52.1 Å². The Balaban J connectivity index is 0.00000176. The third-order valence-corrected chi connectivity index (χ3v) is 2.94. The van der Waals surface area contributed by atoms with E-state index in [0.717, 1.165) is 12.0 Å². The van der Waals surface area contributed by atoms with Gasteiger partial charge >= 0.3 is 0 Å². The minimum absolute atomic E-state index is 0. The van der Waals surface area contributed by atoms with Gasteiger partial charge in [0.2, 0.25) is 0 Å². The molecule has 3 rings (SSSR count). The summed E-state index contributed by atoms with van der Waals surface area (Å²) < 4.78 is 5.85. The van der Waals surface area contributed by atoms with E-state index in [2.05, 4.69) is 9.97 Å². The number of aldehydes is 1. The molecule has 0 amide bonds. The van der Waals surface area contributed by atoms with Gasteiger partial charge in [-0.15, -0.1) is 0 Å². The molecule has 2 aromatic heterocycles. The first-order chi connectivity index (χ1) is 10.4. The van der Waals surface area contributed by atoms with Gasteiger partial charge in [0.25, 0.3) is 0 Å². The number of hydrogen-bond acceptors (Lipinski definition) is 4. The van der Waals surface area contributed by atoms with Crippen molar-refractivity contribution >= 4 is 6.29 Å². The van der Waals surface area contributed by atoms with Crippen molar-refractivity contribution in [1.82, 2.24) is 9.97 Å². The quantitative estimate of drug-likeness (QED) is 0.536. The number of nitrogens with zero attached hydrogens (tertiary/aromatic N) is 2. The molecule has 22 heavy (non-hydrogen) atoms. The smallest absolute Gasteiger partial charge is 0.155 e. The molecule has 0 aliphatic heterocycles.